The zero-order valence-corrected chi connectivity index (χ0v) is 15.3. The van der Waals surface area contributed by atoms with Crippen LogP contribution in [0.15, 0.2) is 54.2 Å². The molecule has 2 rings (SSSR count). The molecule has 128 valence electrons. The molecule has 0 aliphatic rings. The van der Waals surface area contributed by atoms with E-state index in [1.165, 1.54) is 12.3 Å². The van der Waals surface area contributed by atoms with Gasteiger partial charge in [-0.3, -0.25) is 4.79 Å². The molecule has 7 heteroatoms. The van der Waals surface area contributed by atoms with Crippen LogP contribution in [-0.2, 0) is 11.2 Å². The average molecular weight is 395 g/mol. The van der Waals surface area contributed by atoms with E-state index >= 15 is 0 Å². The minimum absolute atomic E-state index is 0.0739. The van der Waals surface area contributed by atoms with Crippen molar-refractivity contribution in [2.24, 2.45) is 0 Å². The lowest BCUT2D eigenvalue weighted by molar-refractivity contribution is -0.112. The summed E-state index contributed by atoms with van der Waals surface area (Å²) in [5.74, 6) is -0.572. The summed E-state index contributed by atoms with van der Waals surface area (Å²) in [7, 11) is 0. The van der Waals surface area contributed by atoms with E-state index in [0.717, 1.165) is 5.56 Å². The standard InChI is InChI=1S/C18H14Cl3N3O/c19-14-5-6-16(21)17(9-14)24-18(25)13(10-22)11-23-8-7-12-3-1-2-4-15(12)20/h1-6,9,11,23H,7-8H2,(H,24,25)/b13-11-. The Hall–Kier alpha value is -2.19. The van der Waals surface area contributed by atoms with Gasteiger partial charge < -0.3 is 10.6 Å². The Kier molecular flexibility index (Phi) is 7.15. The summed E-state index contributed by atoms with van der Waals surface area (Å²) in [6.07, 6.45) is 2.03. The average Bonchev–Trinajstić information content (AvgIpc) is 2.59. The number of carbonyl (C=O) groups is 1. The van der Waals surface area contributed by atoms with Gasteiger partial charge in [0.25, 0.3) is 5.91 Å². The van der Waals surface area contributed by atoms with Crippen LogP contribution in [-0.4, -0.2) is 12.5 Å². The van der Waals surface area contributed by atoms with Gasteiger partial charge in [-0.05, 0) is 36.2 Å². The second-order valence-corrected chi connectivity index (χ2v) is 6.29. The van der Waals surface area contributed by atoms with Crippen LogP contribution >= 0.6 is 34.8 Å². The Labute approximate surface area is 161 Å². The second-order valence-electron chi connectivity index (χ2n) is 5.04. The molecule has 0 aliphatic heterocycles. The van der Waals surface area contributed by atoms with Crippen LogP contribution < -0.4 is 10.6 Å². The number of nitrogens with one attached hydrogen (secondary N) is 2. The fraction of sp³-hybridized carbons (Fsp3) is 0.111. The molecule has 25 heavy (non-hydrogen) atoms. The van der Waals surface area contributed by atoms with E-state index in [0.29, 0.717) is 33.7 Å². The molecule has 2 aromatic rings. The van der Waals surface area contributed by atoms with Crippen LogP contribution in [0.25, 0.3) is 0 Å². The SMILES string of the molecule is N#C/C(=C/NCCc1ccccc1Cl)C(=O)Nc1cc(Cl)ccc1Cl. The van der Waals surface area contributed by atoms with Crippen molar-refractivity contribution >= 4 is 46.4 Å². The molecule has 0 heterocycles. The van der Waals surface area contributed by atoms with Crippen LogP contribution in [0.1, 0.15) is 5.56 Å². The zero-order valence-electron chi connectivity index (χ0n) is 13.0. The van der Waals surface area contributed by atoms with E-state index in [1.807, 2.05) is 30.3 Å². The summed E-state index contributed by atoms with van der Waals surface area (Å²) in [4.78, 5) is 12.2. The van der Waals surface area contributed by atoms with Crippen molar-refractivity contribution in [1.82, 2.24) is 5.32 Å². The first-order valence-corrected chi connectivity index (χ1v) is 8.48. The molecular weight excluding hydrogens is 381 g/mol. The molecule has 0 bridgehead atoms. The Morgan fingerprint density at radius 1 is 1.12 bits per heavy atom. The number of halogens is 3. The molecule has 2 N–H and O–H groups in total. The van der Waals surface area contributed by atoms with Crippen LogP contribution in [0.4, 0.5) is 5.69 Å². The van der Waals surface area contributed by atoms with Gasteiger partial charge in [0.2, 0.25) is 0 Å². The van der Waals surface area contributed by atoms with Gasteiger partial charge >= 0.3 is 0 Å². The minimum atomic E-state index is -0.572. The lowest BCUT2D eigenvalue weighted by Gasteiger charge is -2.08. The quantitative estimate of drug-likeness (QED) is 0.419. The van der Waals surface area contributed by atoms with Crippen molar-refractivity contribution in [3.63, 3.8) is 0 Å². The van der Waals surface area contributed by atoms with E-state index in [1.54, 1.807) is 12.1 Å². The van der Waals surface area contributed by atoms with Gasteiger partial charge in [-0.15, -0.1) is 0 Å². The highest BCUT2D eigenvalue weighted by Gasteiger charge is 2.11. The molecule has 2 aromatic carbocycles. The molecule has 0 aromatic heterocycles. The fourth-order valence-electron chi connectivity index (χ4n) is 2.01. The normalized spacial score (nSPS) is 10.9. The largest absolute Gasteiger partial charge is 0.389 e. The number of amides is 1. The zero-order chi connectivity index (χ0) is 18.2. The summed E-state index contributed by atoms with van der Waals surface area (Å²) in [6.45, 7) is 0.528. The van der Waals surface area contributed by atoms with E-state index < -0.39 is 5.91 Å². The van der Waals surface area contributed by atoms with Crippen LogP contribution in [0.2, 0.25) is 15.1 Å². The van der Waals surface area contributed by atoms with Crippen LogP contribution in [0.5, 0.6) is 0 Å². The monoisotopic (exact) mass is 393 g/mol. The van der Waals surface area contributed by atoms with Gasteiger partial charge in [0.05, 0.1) is 10.7 Å². The number of anilines is 1. The molecule has 0 aliphatic carbocycles. The van der Waals surface area contributed by atoms with E-state index in [-0.39, 0.29) is 5.57 Å². The first kappa shape index (κ1) is 19.1. The third-order valence-electron chi connectivity index (χ3n) is 3.28. The van der Waals surface area contributed by atoms with Crippen LogP contribution in [0.3, 0.4) is 0 Å². The lowest BCUT2D eigenvalue weighted by Crippen LogP contribution is -2.18. The highest BCUT2D eigenvalue weighted by molar-refractivity contribution is 6.36. The molecule has 0 saturated heterocycles. The van der Waals surface area contributed by atoms with Gasteiger partial charge in [0.1, 0.15) is 11.6 Å². The van der Waals surface area contributed by atoms with Crippen molar-refractivity contribution in [3.05, 3.63) is 74.9 Å². The maximum absolute atomic E-state index is 12.2. The maximum atomic E-state index is 12.2. The van der Waals surface area contributed by atoms with Crippen LogP contribution in [0, 0.1) is 11.3 Å². The molecule has 0 fully saturated rings. The van der Waals surface area contributed by atoms with Gasteiger partial charge in [-0.2, -0.15) is 5.26 Å². The molecule has 0 unspecified atom stereocenters. The second kappa shape index (κ2) is 9.33. The molecule has 1 amide bonds. The Morgan fingerprint density at radius 3 is 2.60 bits per heavy atom. The first-order chi connectivity index (χ1) is 12.0. The van der Waals surface area contributed by atoms with Crippen molar-refractivity contribution < 1.29 is 4.79 Å². The summed E-state index contributed by atoms with van der Waals surface area (Å²) >= 11 is 17.9. The first-order valence-electron chi connectivity index (χ1n) is 7.34. The third-order valence-corrected chi connectivity index (χ3v) is 4.22. The van der Waals surface area contributed by atoms with Gasteiger partial charge in [0, 0.05) is 22.8 Å². The molecule has 0 atom stereocenters. The molecule has 0 radical (unpaired) electrons. The van der Waals surface area contributed by atoms with Gasteiger partial charge in [-0.1, -0.05) is 53.0 Å². The predicted octanol–water partition coefficient (Wildman–Crippen LogP) is 4.83. The van der Waals surface area contributed by atoms with Crippen molar-refractivity contribution in [2.75, 3.05) is 11.9 Å². The van der Waals surface area contributed by atoms with Gasteiger partial charge in [0.15, 0.2) is 0 Å². The topological polar surface area (TPSA) is 64.9 Å². The van der Waals surface area contributed by atoms with Gasteiger partial charge in [-0.25, -0.2) is 0 Å². The third kappa shape index (κ3) is 5.68. The summed E-state index contributed by atoms with van der Waals surface area (Å²) in [5, 5.41) is 16.1. The fourth-order valence-corrected chi connectivity index (χ4v) is 2.58. The molecule has 0 spiro atoms. The molecular formula is C18H14Cl3N3O. The highest BCUT2D eigenvalue weighted by atomic mass is 35.5. The van der Waals surface area contributed by atoms with Crippen molar-refractivity contribution in [2.45, 2.75) is 6.42 Å². The van der Waals surface area contributed by atoms with Crippen molar-refractivity contribution in [1.29, 1.82) is 5.26 Å². The number of nitriles is 1. The molecule has 4 nitrogen and oxygen atoms in total. The minimum Gasteiger partial charge on any atom is -0.389 e. The van der Waals surface area contributed by atoms with E-state index in [2.05, 4.69) is 10.6 Å². The smallest absolute Gasteiger partial charge is 0.267 e. The molecule has 0 saturated carbocycles. The van der Waals surface area contributed by atoms with Crippen molar-refractivity contribution in [3.8, 4) is 6.07 Å². The Morgan fingerprint density at radius 2 is 1.88 bits per heavy atom. The Bertz CT molecular complexity index is 844. The lowest BCUT2D eigenvalue weighted by atomic mass is 10.1. The number of nitrogens with zero attached hydrogens (tertiary/aromatic N) is 1. The Balaban J connectivity index is 1.95. The number of hydrogen-bond acceptors (Lipinski definition) is 3. The maximum Gasteiger partial charge on any atom is 0.267 e. The summed E-state index contributed by atoms with van der Waals surface area (Å²) in [6, 6.07) is 14.0. The highest BCUT2D eigenvalue weighted by Crippen LogP contribution is 2.25. The number of rotatable bonds is 6. The van der Waals surface area contributed by atoms with E-state index in [9.17, 15) is 4.79 Å². The predicted molar refractivity (Wildman–Crippen MR) is 102 cm³/mol. The number of benzene rings is 2. The van der Waals surface area contributed by atoms with E-state index in [4.69, 9.17) is 40.1 Å². The summed E-state index contributed by atoms with van der Waals surface area (Å²) in [5.41, 5.74) is 1.25. The summed E-state index contributed by atoms with van der Waals surface area (Å²) < 4.78 is 0. The number of hydrogen-bond donors (Lipinski definition) is 2. The number of carbonyl (C=O) groups excluding carboxylic acids is 1.